The number of carbonyl (C=O) groups is 1. The molecule has 1 aromatic rings. The lowest BCUT2D eigenvalue weighted by Crippen LogP contribution is -2.26. The number of rotatable bonds is 9. The van der Waals surface area contributed by atoms with E-state index in [1.807, 2.05) is 0 Å². The Balaban J connectivity index is 2.92. The Labute approximate surface area is 128 Å². The van der Waals surface area contributed by atoms with E-state index < -0.39 is 22.5 Å². The number of unbranched alkanes of at least 4 members (excludes halogenated alkanes) is 1. The first kappa shape index (κ1) is 17.7. The van der Waals surface area contributed by atoms with Crippen LogP contribution in [0.5, 0.6) is 5.75 Å². The summed E-state index contributed by atoms with van der Waals surface area (Å²) in [6.45, 7) is 0.324. The number of carbonyl (C=O) groups excluding carboxylic acids is 1. The van der Waals surface area contributed by atoms with Gasteiger partial charge >= 0.3 is 0 Å². The lowest BCUT2D eigenvalue weighted by molar-refractivity contribution is -0.120. The molecular weight excluding hydrogens is 318 g/mol. The summed E-state index contributed by atoms with van der Waals surface area (Å²) in [7, 11) is -3.79. The predicted molar refractivity (Wildman–Crippen MR) is 79.6 cm³/mol. The van der Waals surface area contributed by atoms with Gasteiger partial charge in [0.15, 0.2) is 6.61 Å². The van der Waals surface area contributed by atoms with Crippen LogP contribution in [-0.4, -0.2) is 34.0 Å². The Morgan fingerprint density at radius 2 is 2.05 bits per heavy atom. The molecule has 0 spiro atoms. The van der Waals surface area contributed by atoms with Gasteiger partial charge in [0.25, 0.3) is 5.91 Å². The van der Waals surface area contributed by atoms with Crippen LogP contribution < -0.4 is 20.9 Å². The third kappa shape index (κ3) is 5.88. The van der Waals surface area contributed by atoms with Gasteiger partial charge in [0.05, 0.1) is 0 Å². The molecule has 1 amide bonds. The highest BCUT2D eigenvalue weighted by atomic mass is 35.5. The molecule has 0 aliphatic carbocycles. The fourth-order valence-corrected chi connectivity index (χ4v) is 2.99. The van der Waals surface area contributed by atoms with Gasteiger partial charge in [-0.25, -0.2) is 13.1 Å². The quantitative estimate of drug-likeness (QED) is 0.557. The maximum atomic E-state index is 12.2. The Hall–Kier alpha value is -1.35. The van der Waals surface area contributed by atoms with Gasteiger partial charge in [0, 0.05) is 11.6 Å². The summed E-state index contributed by atoms with van der Waals surface area (Å²) in [5, 5.41) is 0.240. The Kier molecular flexibility index (Phi) is 6.90. The molecule has 0 aliphatic rings. The van der Waals surface area contributed by atoms with E-state index in [-0.39, 0.29) is 22.2 Å². The summed E-state index contributed by atoms with van der Waals surface area (Å²) >= 11 is 5.81. The minimum Gasteiger partial charge on any atom is -0.482 e. The maximum absolute atomic E-state index is 12.2. The fourth-order valence-electron chi connectivity index (χ4n) is 1.51. The normalized spacial score (nSPS) is 11.3. The molecular formula is C12H18ClN3O4S. The first-order valence-corrected chi connectivity index (χ1v) is 8.13. The number of nitrogens with one attached hydrogen (secondary N) is 1. The van der Waals surface area contributed by atoms with Crippen molar-refractivity contribution in [3.05, 3.63) is 23.2 Å². The molecule has 0 saturated carbocycles. The van der Waals surface area contributed by atoms with Gasteiger partial charge in [-0.2, -0.15) is 0 Å². The monoisotopic (exact) mass is 335 g/mol. The molecule has 5 N–H and O–H groups in total. The van der Waals surface area contributed by atoms with Crippen molar-refractivity contribution in [1.82, 2.24) is 4.72 Å². The average molecular weight is 336 g/mol. The molecule has 21 heavy (non-hydrogen) atoms. The number of sulfonamides is 1. The van der Waals surface area contributed by atoms with Crippen molar-refractivity contribution >= 4 is 27.5 Å². The lowest BCUT2D eigenvalue weighted by Gasteiger charge is -2.12. The van der Waals surface area contributed by atoms with Gasteiger partial charge in [-0.1, -0.05) is 11.6 Å². The predicted octanol–water partition coefficient (Wildman–Crippen LogP) is 0.221. The molecule has 0 bridgehead atoms. The van der Waals surface area contributed by atoms with Gasteiger partial charge in [-0.3, -0.25) is 4.79 Å². The van der Waals surface area contributed by atoms with E-state index >= 15 is 0 Å². The minimum absolute atomic E-state index is 0.0181. The van der Waals surface area contributed by atoms with Crippen LogP contribution in [0.1, 0.15) is 12.8 Å². The van der Waals surface area contributed by atoms with Crippen molar-refractivity contribution < 1.29 is 17.9 Å². The first-order chi connectivity index (χ1) is 9.86. The third-order valence-electron chi connectivity index (χ3n) is 2.49. The molecule has 0 unspecified atom stereocenters. The summed E-state index contributed by atoms with van der Waals surface area (Å²) in [6.07, 6.45) is 1.33. The molecule has 0 saturated heterocycles. The van der Waals surface area contributed by atoms with E-state index in [0.29, 0.717) is 19.4 Å². The van der Waals surface area contributed by atoms with Crippen LogP contribution >= 0.6 is 11.6 Å². The van der Waals surface area contributed by atoms with Crippen molar-refractivity contribution in [3.8, 4) is 5.75 Å². The zero-order valence-corrected chi connectivity index (χ0v) is 12.9. The number of hydrogen-bond acceptors (Lipinski definition) is 5. The summed E-state index contributed by atoms with van der Waals surface area (Å²) < 4.78 is 32.0. The number of amides is 1. The van der Waals surface area contributed by atoms with Crippen molar-refractivity contribution in [3.63, 3.8) is 0 Å². The van der Waals surface area contributed by atoms with Crippen molar-refractivity contribution in [2.24, 2.45) is 11.5 Å². The molecule has 0 heterocycles. The van der Waals surface area contributed by atoms with Crippen molar-refractivity contribution in [2.45, 2.75) is 17.7 Å². The van der Waals surface area contributed by atoms with Crippen LogP contribution in [-0.2, 0) is 14.8 Å². The summed E-state index contributed by atoms with van der Waals surface area (Å²) in [4.78, 5) is 10.6. The Morgan fingerprint density at radius 1 is 1.33 bits per heavy atom. The van der Waals surface area contributed by atoms with E-state index in [9.17, 15) is 13.2 Å². The minimum atomic E-state index is -3.79. The third-order valence-corrected chi connectivity index (χ3v) is 4.21. The van der Waals surface area contributed by atoms with Crippen LogP contribution in [0.25, 0.3) is 0 Å². The molecule has 0 fully saturated rings. The van der Waals surface area contributed by atoms with Crippen LogP contribution in [0.2, 0.25) is 5.02 Å². The van der Waals surface area contributed by atoms with Crippen LogP contribution in [0.15, 0.2) is 23.1 Å². The molecule has 0 radical (unpaired) electrons. The van der Waals surface area contributed by atoms with E-state index in [0.717, 1.165) is 0 Å². The number of halogens is 1. The zero-order chi connectivity index (χ0) is 15.9. The zero-order valence-electron chi connectivity index (χ0n) is 11.3. The largest absolute Gasteiger partial charge is 0.482 e. The number of hydrogen-bond donors (Lipinski definition) is 3. The molecule has 0 atom stereocenters. The standard InChI is InChI=1S/C12H18ClN3O4S/c13-9-3-4-10(20-8-12(15)17)11(7-9)21(18,19)16-6-2-1-5-14/h3-4,7,16H,1-2,5-6,8,14H2,(H2,15,17). The lowest BCUT2D eigenvalue weighted by atomic mass is 10.3. The van der Waals surface area contributed by atoms with E-state index in [2.05, 4.69) is 4.72 Å². The van der Waals surface area contributed by atoms with Gasteiger partial charge < -0.3 is 16.2 Å². The highest BCUT2D eigenvalue weighted by Crippen LogP contribution is 2.27. The second-order valence-electron chi connectivity index (χ2n) is 4.24. The molecule has 1 aromatic carbocycles. The SMILES string of the molecule is NCCCCNS(=O)(=O)c1cc(Cl)ccc1OCC(N)=O. The summed E-state index contributed by atoms with van der Waals surface area (Å²) in [6, 6.07) is 4.09. The van der Waals surface area contributed by atoms with E-state index in [4.69, 9.17) is 27.8 Å². The Morgan fingerprint density at radius 3 is 2.67 bits per heavy atom. The van der Waals surface area contributed by atoms with E-state index in [1.54, 1.807) is 0 Å². The molecule has 9 heteroatoms. The number of benzene rings is 1. The number of ether oxygens (including phenoxy) is 1. The van der Waals surface area contributed by atoms with Gasteiger partial charge in [-0.05, 0) is 37.6 Å². The van der Waals surface area contributed by atoms with Crippen LogP contribution in [0, 0.1) is 0 Å². The number of nitrogens with two attached hydrogens (primary N) is 2. The number of primary amides is 1. The smallest absolute Gasteiger partial charge is 0.255 e. The van der Waals surface area contributed by atoms with Crippen LogP contribution in [0.3, 0.4) is 0 Å². The topological polar surface area (TPSA) is 125 Å². The maximum Gasteiger partial charge on any atom is 0.255 e. The van der Waals surface area contributed by atoms with E-state index in [1.165, 1.54) is 18.2 Å². The van der Waals surface area contributed by atoms with Crippen molar-refractivity contribution in [2.75, 3.05) is 19.7 Å². The first-order valence-electron chi connectivity index (χ1n) is 6.27. The molecule has 0 aromatic heterocycles. The van der Waals surface area contributed by atoms with Crippen molar-refractivity contribution in [1.29, 1.82) is 0 Å². The van der Waals surface area contributed by atoms with Gasteiger partial charge in [-0.15, -0.1) is 0 Å². The fraction of sp³-hybridized carbons (Fsp3) is 0.417. The summed E-state index contributed by atoms with van der Waals surface area (Å²) in [5.74, 6) is -0.686. The Bertz CT molecular complexity index is 592. The summed E-state index contributed by atoms with van der Waals surface area (Å²) in [5.41, 5.74) is 10.3. The molecule has 0 aliphatic heterocycles. The van der Waals surface area contributed by atoms with Gasteiger partial charge in [0.2, 0.25) is 10.0 Å². The second-order valence-corrected chi connectivity index (χ2v) is 6.41. The molecule has 118 valence electrons. The molecule has 7 nitrogen and oxygen atoms in total. The van der Waals surface area contributed by atoms with Gasteiger partial charge in [0.1, 0.15) is 10.6 Å². The van der Waals surface area contributed by atoms with Crippen LogP contribution in [0.4, 0.5) is 0 Å². The molecule has 1 rings (SSSR count). The highest BCUT2D eigenvalue weighted by Gasteiger charge is 2.20. The highest BCUT2D eigenvalue weighted by molar-refractivity contribution is 7.89. The average Bonchev–Trinajstić information content (AvgIpc) is 2.42. The second kappa shape index (κ2) is 8.18.